The fraction of sp³-hybridized carbons (Fsp3) is 0.0952. The van der Waals surface area contributed by atoms with E-state index in [2.05, 4.69) is 4.98 Å². The molecule has 0 aliphatic carbocycles. The summed E-state index contributed by atoms with van der Waals surface area (Å²) >= 11 is 0. The predicted molar refractivity (Wildman–Crippen MR) is 111 cm³/mol. The number of phenolic OH excluding ortho intramolecular Hbond substituents is 1. The quantitative estimate of drug-likeness (QED) is 0.340. The number of aromatic amines is 1. The second-order valence-electron chi connectivity index (χ2n) is 6.77. The van der Waals surface area contributed by atoms with Gasteiger partial charge in [-0.1, -0.05) is 6.07 Å². The Morgan fingerprint density at radius 1 is 1.06 bits per heavy atom. The Morgan fingerprint density at radius 3 is 2.34 bits per heavy atom. The van der Waals surface area contributed by atoms with Crippen LogP contribution in [0.5, 0.6) is 29.0 Å². The van der Waals surface area contributed by atoms with Crippen LogP contribution in [0, 0.1) is 17.0 Å². The number of nitrogen functional groups attached to an aromatic ring is 1. The first-order valence-electron chi connectivity index (χ1n) is 9.04. The second kappa shape index (κ2) is 8.76. The minimum atomic E-state index is -1.64. The number of carbonyl (C=O) groups is 1. The Labute approximate surface area is 180 Å². The smallest absolute Gasteiger partial charge is 0.260 e. The van der Waals surface area contributed by atoms with Gasteiger partial charge in [-0.15, -0.1) is 0 Å². The molecule has 2 aromatic carbocycles. The van der Waals surface area contributed by atoms with Crippen LogP contribution in [-0.4, -0.2) is 40.8 Å². The average Bonchev–Trinajstić information content (AvgIpc) is 2.76. The SMILES string of the molecule is CN(C)C(=O)c1cccc(Oc2[nH]c(Oc3cc(C(=N)N)ccc3O)c(F)c(=O)c2F)c1. The lowest BCUT2D eigenvalue weighted by molar-refractivity contribution is 0.0827. The Morgan fingerprint density at radius 2 is 1.72 bits per heavy atom. The Kier molecular flexibility index (Phi) is 6.10. The van der Waals surface area contributed by atoms with Gasteiger partial charge in [0.25, 0.3) is 11.3 Å². The van der Waals surface area contributed by atoms with Gasteiger partial charge in [0.1, 0.15) is 11.6 Å². The van der Waals surface area contributed by atoms with Crippen molar-refractivity contribution < 1.29 is 28.2 Å². The van der Waals surface area contributed by atoms with Gasteiger partial charge in [0.15, 0.2) is 11.5 Å². The van der Waals surface area contributed by atoms with Crippen LogP contribution < -0.4 is 20.6 Å². The number of rotatable bonds is 6. The molecule has 5 N–H and O–H groups in total. The van der Waals surface area contributed by atoms with Crippen LogP contribution in [0.2, 0.25) is 0 Å². The largest absolute Gasteiger partial charge is 0.504 e. The molecule has 0 saturated carbocycles. The van der Waals surface area contributed by atoms with E-state index in [4.69, 9.17) is 20.6 Å². The molecule has 1 amide bonds. The van der Waals surface area contributed by atoms with Gasteiger partial charge in [0.05, 0.1) is 0 Å². The maximum absolute atomic E-state index is 14.4. The van der Waals surface area contributed by atoms with Crippen molar-refractivity contribution in [2.75, 3.05) is 14.1 Å². The molecule has 0 bridgehead atoms. The van der Waals surface area contributed by atoms with Crippen molar-refractivity contribution in [3.63, 3.8) is 0 Å². The number of aromatic hydroxyl groups is 1. The zero-order chi connectivity index (χ0) is 23.6. The third-order valence-electron chi connectivity index (χ3n) is 4.21. The number of amidine groups is 1. The summed E-state index contributed by atoms with van der Waals surface area (Å²) in [6.45, 7) is 0. The van der Waals surface area contributed by atoms with Crippen molar-refractivity contribution in [2.24, 2.45) is 5.73 Å². The highest BCUT2D eigenvalue weighted by Crippen LogP contribution is 2.33. The maximum Gasteiger partial charge on any atom is 0.260 e. The highest BCUT2D eigenvalue weighted by atomic mass is 19.1. The molecule has 32 heavy (non-hydrogen) atoms. The van der Waals surface area contributed by atoms with Gasteiger partial charge >= 0.3 is 0 Å². The lowest BCUT2D eigenvalue weighted by atomic mass is 10.2. The van der Waals surface area contributed by atoms with Gasteiger partial charge in [-0.25, -0.2) is 0 Å². The van der Waals surface area contributed by atoms with E-state index in [0.29, 0.717) is 0 Å². The summed E-state index contributed by atoms with van der Waals surface area (Å²) < 4.78 is 39.2. The molecule has 0 atom stereocenters. The molecule has 0 fully saturated rings. The standard InChI is InChI=1S/C21H18F2N4O5/c1-27(2)21(30)11-4-3-5-12(8-11)31-19-15(22)17(29)16(23)20(26-19)32-14-9-10(18(24)25)6-7-13(14)28/h3-9,28H,1-2H3,(H3,24,25)(H,26,29). The van der Waals surface area contributed by atoms with Crippen molar-refractivity contribution in [1.82, 2.24) is 9.88 Å². The number of carbonyl (C=O) groups excluding carboxylic acids is 1. The van der Waals surface area contributed by atoms with Gasteiger partial charge in [0.2, 0.25) is 23.4 Å². The van der Waals surface area contributed by atoms with Crippen LogP contribution in [0.4, 0.5) is 8.78 Å². The van der Waals surface area contributed by atoms with Crippen molar-refractivity contribution in [3.8, 4) is 29.0 Å². The molecule has 0 saturated heterocycles. The molecular weight excluding hydrogens is 426 g/mol. The lowest BCUT2D eigenvalue weighted by Gasteiger charge is -2.13. The first-order valence-corrected chi connectivity index (χ1v) is 9.04. The van der Waals surface area contributed by atoms with E-state index in [9.17, 15) is 23.5 Å². The lowest BCUT2D eigenvalue weighted by Crippen LogP contribution is -2.21. The number of phenols is 1. The molecule has 3 rings (SSSR count). The van der Waals surface area contributed by atoms with E-state index < -0.39 is 34.6 Å². The Balaban J connectivity index is 2.00. The van der Waals surface area contributed by atoms with Crippen LogP contribution in [0.25, 0.3) is 0 Å². The van der Waals surface area contributed by atoms with E-state index in [1.165, 1.54) is 35.2 Å². The van der Waals surface area contributed by atoms with E-state index in [0.717, 1.165) is 12.1 Å². The van der Waals surface area contributed by atoms with Crippen LogP contribution in [0.3, 0.4) is 0 Å². The predicted octanol–water partition coefficient (Wildman–Crippen LogP) is 2.93. The molecule has 0 aliphatic rings. The number of ether oxygens (including phenoxy) is 2. The van der Waals surface area contributed by atoms with Crippen molar-refractivity contribution in [3.05, 3.63) is 75.4 Å². The van der Waals surface area contributed by atoms with E-state index in [-0.39, 0.29) is 34.4 Å². The highest BCUT2D eigenvalue weighted by molar-refractivity contribution is 5.95. The molecule has 0 aliphatic heterocycles. The molecule has 1 heterocycles. The molecule has 0 spiro atoms. The van der Waals surface area contributed by atoms with Crippen molar-refractivity contribution >= 4 is 11.7 Å². The van der Waals surface area contributed by atoms with Gasteiger partial charge in [0, 0.05) is 25.2 Å². The summed E-state index contributed by atoms with van der Waals surface area (Å²) in [5, 5.41) is 17.4. The van der Waals surface area contributed by atoms with Gasteiger partial charge < -0.3 is 25.2 Å². The number of amides is 1. The van der Waals surface area contributed by atoms with Crippen molar-refractivity contribution in [2.45, 2.75) is 0 Å². The number of hydrogen-bond acceptors (Lipinski definition) is 6. The molecule has 3 aromatic rings. The zero-order valence-corrected chi connectivity index (χ0v) is 16.9. The van der Waals surface area contributed by atoms with Gasteiger partial charge in [-0.3, -0.25) is 20.0 Å². The first kappa shape index (κ1) is 22.3. The summed E-state index contributed by atoms with van der Waals surface area (Å²) in [6, 6.07) is 9.31. The molecule has 166 valence electrons. The summed E-state index contributed by atoms with van der Waals surface area (Å²) in [6.07, 6.45) is 0. The minimum Gasteiger partial charge on any atom is -0.504 e. The number of nitrogens with zero attached hydrogens (tertiary/aromatic N) is 1. The number of halogens is 2. The number of nitrogens with two attached hydrogens (primary N) is 1. The minimum absolute atomic E-state index is 0.00812. The highest BCUT2D eigenvalue weighted by Gasteiger charge is 2.22. The van der Waals surface area contributed by atoms with Gasteiger partial charge in [-0.2, -0.15) is 8.78 Å². The molecular formula is C21H18F2N4O5. The third-order valence-corrected chi connectivity index (χ3v) is 4.21. The molecule has 11 heteroatoms. The van der Waals surface area contributed by atoms with E-state index in [1.54, 1.807) is 14.1 Å². The molecule has 0 radical (unpaired) electrons. The number of aromatic nitrogens is 1. The monoisotopic (exact) mass is 444 g/mol. The number of pyridine rings is 1. The average molecular weight is 444 g/mol. The first-order chi connectivity index (χ1) is 15.1. The fourth-order valence-corrected chi connectivity index (χ4v) is 2.60. The maximum atomic E-state index is 14.4. The fourth-order valence-electron chi connectivity index (χ4n) is 2.60. The summed E-state index contributed by atoms with van der Waals surface area (Å²) in [5.41, 5.74) is 4.13. The summed E-state index contributed by atoms with van der Waals surface area (Å²) in [5.74, 6) is -6.26. The Bertz CT molecular complexity index is 1270. The second-order valence-corrected chi connectivity index (χ2v) is 6.77. The van der Waals surface area contributed by atoms with Crippen LogP contribution in [-0.2, 0) is 0 Å². The molecule has 9 nitrogen and oxygen atoms in total. The van der Waals surface area contributed by atoms with Gasteiger partial charge in [-0.05, 0) is 36.4 Å². The molecule has 0 unspecified atom stereocenters. The van der Waals surface area contributed by atoms with Crippen molar-refractivity contribution in [1.29, 1.82) is 5.41 Å². The normalized spacial score (nSPS) is 10.5. The summed E-state index contributed by atoms with van der Waals surface area (Å²) in [4.78, 5) is 27.6. The topological polar surface area (TPSA) is 142 Å². The summed E-state index contributed by atoms with van der Waals surface area (Å²) in [7, 11) is 3.10. The van der Waals surface area contributed by atoms with Crippen LogP contribution in [0.1, 0.15) is 15.9 Å². The number of H-pyrrole nitrogens is 1. The van der Waals surface area contributed by atoms with Crippen LogP contribution in [0.15, 0.2) is 47.3 Å². The van der Waals surface area contributed by atoms with E-state index in [1.807, 2.05) is 0 Å². The third kappa shape index (κ3) is 4.51. The zero-order valence-electron chi connectivity index (χ0n) is 16.9. The van der Waals surface area contributed by atoms with Crippen LogP contribution >= 0.6 is 0 Å². The Hall–Kier alpha value is -4.41. The van der Waals surface area contributed by atoms with E-state index >= 15 is 0 Å². The number of hydrogen-bond donors (Lipinski definition) is 4. The number of benzene rings is 2. The molecule has 1 aromatic heterocycles. The number of nitrogens with one attached hydrogen (secondary N) is 2.